The van der Waals surface area contributed by atoms with Crippen LogP contribution in [0.3, 0.4) is 0 Å². The van der Waals surface area contributed by atoms with Crippen molar-refractivity contribution in [3.8, 4) is 28.0 Å². The summed E-state index contributed by atoms with van der Waals surface area (Å²) in [5.41, 5.74) is 10.9. The molecule has 2 N–H and O–H groups in total. The minimum Gasteiger partial charge on any atom is -0.486 e. The molecule has 3 aliphatic rings. The van der Waals surface area contributed by atoms with Crippen molar-refractivity contribution in [3.63, 3.8) is 0 Å². The Bertz CT molecular complexity index is 1510. The zero-order valence-corrected chi connectivity index (χ0v) is 22.5. The highest BCUT2D eigenvalue weighted by molar-refractivity contribution is 5.92. The first-order valence-corrected chi connectivity index (χ1v) is 13.8. The fourth-order valence-electron chi connectivity index (χ4n) is 5.99. The van der Waals surface area contributed by atoms with Gasteiger partial charge >= 0.3 is 0 Å². The summed E-state index contributed by atoms with van der Waals surface area (Å²) in [6.07, 6.45) is 3.36. The second kappa shape index (κ2) is 9.37. The van der Waals surface area contributed by atoms with E-state index in [1.54, 1.807) is 0 Å². The normalized spacial score (nSPS) is 19.4. The number of imidazole rings is 1. The van der Waals surface area contributed by atoms with Crippen molar-refractivity contribution in [3.05, 3.63) is 71.0 Å². The molecule has 4 aromatic rings. The van der Waals surface area contributed by atoms with Gasteiger partial charge in [0, 0.05) is 17.5 Å². The van der Waals surface area contributed by atoms with Crippen molar-refractivity contribution in [2.24, 2.45) is 10.9 Å². The second-order valence-electron chi connectivity index (χ2n) is 10.5. The standard InChI is InChI=1S/C30H30N4O.C2H6/c1-16(2)30-33-22-7-4-20-12-18(6-9-24(20)27(14-22)34-30)19-5-8-23-21(13-19)15-35-29-25(23)10-11-26-28(29)32-17(3)31-26;1-2/h5-6,8-13,16,22,27H,4,7,14-15H2,1-3H3,(H,31,32)(H,33,34);1-2H3. The fourth-order valence-corrected chi connectivity index (χ4v) is 5.99. The van der Waals surface area contributed by atoms with Crippen LogP contribution in [0.15, 0.2) is 53.5 Å². The molecule has 1 aromatic heterocycles. The molecule has 2 unspecified atom stereocenters. The van der Waals surface area contributed by atoms with Crippen LogP contribution in [0.25, 0.3) is 33.3 Å². The van der Waals surface area contributed by atoms with Crippen LogP contribution in [0.5, 0.6) is 5.75 Å². The Morgan fingerprint density at radius 3 is 2.51 bits per heavy atom. The van der Waals surface area contributed by atoms with Crippen molar-refractivity contribution >= 4 is 16.9 Å². The Hall–Kier alpha value is -3.60. The largest absolute Gasteiger partial charge is 0.486 e. The molecule has 37 heavy (non-hydrogen) atoms. The van der Waals surface area contributed by atoms with Crippen LogP contribution < -0.4 is 10.1 Å². The average molecular weight is 493 g/mol. The third kappa shape index (κ3) is 4.11. The van der Waals surface area contributed by atoms with E-state index in [-0.39, 0.29) is 6.04 Å². The lowest BCUT2D eigenvalue weighted by Gasteiger charge is -2.29. The summed E-state index contributed by atoms with van der Waals surface area (Å²) in [6, 6.07) is 18.9. The molecule has 2 bridgehead atoms. The van der Waals surface area contributed by atoms with Gasteiger partial charge in [0.15, 0.2) is 5.75 Å². The van der Waals surface area contributed by atoms with Crippen molar-refractivity contribution < 1.29 is 4.74 Å². The maximum absolute atomic E-state index is 6.25. The summed E-state index contributed by atoms with van der Waals surface area (Å²) in [5.74, 6) is 3.41. The number of ether oxygens (including phenoxy) is 1. The molecule has 0 saturated carbocycles. The lowest BCUT2D eigenvalue weighted by molar-refractivity contribution is 0.305. The van der Waals surface area contributed by atoms with E-state index in [2.05, 4.69) is 77.7 Å². The van der Waals surface area contributed by atoms with E-state index in [1.165, 1.54) is 39.2 Å². The average Bonchev–Trinajstić information content (AvgIpc) is 3.27. The van der Waals surface area contributed by atoms with Crippen LogP contribution in [-0.2, 0) is 13.0 Å². The van der Waals surface area contributed by atoms with Gasteiger partial charge in [0.05, 0.1) is 17.4 Å². The summed E-state index contributed by atoms with van der Waals surface area (Å²) >= 11 is 0. The number of hydrogen-bond donors (Lipinski definition) is 2. The minimum atomic E-state index is 0.279. The van der Waals surface area contributed by atoms with Crippen LogP contribution in [0.2, 0.25) is 0 Å². The molecular formula is C32H36N4O. The molecule has 7 rings (SSSR count). The van der Waals surface area contributed by atoms with Gasteiger partial charge in [-0.25, -0.2) is 4.98 Å². The summed E-state index contributed by atoms with van der Waals surface area (Å²) < 4.78 is 6.25. The zero-order chi connectivity index (χ0) is 25.7. The first-order chi connectivity index (χ1) is 18.0. The number of aliphatic imine (C=N–C) groups is 1. The van der Waals surface area contributed by atoms with E-state index in [0.717, 1.165) is 47.4 Å². The monoisotopic (exact) mass is 492 g/mol. The predicted molar refractivity (Wildman–Crippen MR) is 152 cm³/mol. The van der Waals surface area contributed by atoms with Gasteiger partial charge in [0.2, 0.25) is 0 Å². The van der Waals surface area contributed by atoms with Crippen LogP contribution in [0, 0.1) is 12.8 Å². The minimum absolute atomic E-state index is 0.279. The number of nitrogens with zero attached hydrogens (tertiary/aromatic N) is 2. The lowest BCUT2D eigenvalue weighted by Crippen LogP contribution is -2.41. The van der Waals surface area contributed by atoms with Gasteiger partial charge in [-0.15, -0.1) is 0 Å². The van der Waals surface area contributed by atoms with Crippen molar-refractivity contribution in [2.75, 3.05) is 0 Å². The molecule has 3 aromatic carbocycles. The fraction of sp³-hybridized carbons (Fsp3) is 0.375. The van der Waals surface area contributed by atoms with Crippen molar-refractivity contribution in [1.82, 2.24) is 15.3 Å². The third-order valence-electron chi connectivity index (χ3n) is 7.79. The molecule has 1 aliphatic carbocycles. The number of aryl methyl sites for hydroxylation is 2. The highest BCUT2D eigenvalue weighted by atomic mass is 16.5. The summed E-state index contributed by atoms with van der Waals surface area (Å²) in [5, 5.41) is 3.69. The van der Waals surface area contributed by atoms with Gasteiger partial charge in [-0.05, 0) is 77.8 Å². The number of rotatable bonds is 2. The Labute approximate surface area is 219 Å². The second-order valence-corrected chi connectivity index (χ2v) is 10.5. The number of amidine groups is 1. The number of fused-ring (bicyclic) bond motifs is 9. The first kappa shape index (κ1) is 23.8. The molecule has 0 amide bonds. The highest BCUT2D eigenvalue weighted by Crippen LogP contribution is 2.43. The molecule has 5 nitrogen and oxygen atoms in total. The van der Waals surface area contributed by atoms with E-state index in [1.807, 2.05) is 20.8 Å². The number of benzene rings is 3. The van der Waals surface area contributed by atoms with Crippen LogP contribution in [-0.4, -0.2) is 21.8 Å². The number of aromatic nitrogens is 2. The van der Waals surface area contributed by atoms with E-state index in [0.29, 0.717) is 18.6 Å². The molecule has 2 atom stereocenters. The first-order valence-electron chi connectivity index (χ1n) is 13.8. The maximum atomic E-state index is 6.25. The molecule has 3 heterocycles. The van der Waals surface area contributed by atoms with E-state index >= 15 is 0 Å². The summed E-state index contributed by atoms with van der Waals surface area (Å²) in [6.45, 7) is 11.0. The van der Waals surface area contributed by atoms with Crippen LogP contribution in [0.4, 0.5) is 0 Å². The number of aromatic amines is 1. The lowest BCUT2D eigenvalue weighted by atomic mass is 9.90. The molecular weight excluding hydrogens is 456 g/mol. The van der Waals surface area contributed by atoms with E-state index in [4.69, 9.17) is 9.73 Å². The number of hydrogen-bond acceptors (Lipinski definition) is 4. The molecule has 2 aliphatic heterocycles. The molecule has 5 heteroatoms. The topological polar surface area (TPSA) is 62.3 Å². The Kier molecular flexibility index (Phi) is 6.02. The van der Waals surface area contributed by atoms with Crippen molar-refractivity contribution in [2.45, 2.75) is 72.6 Å². The zero-order valence-electron chi connectivity index (χ0n) is 22.5. The van der Waals surface area contributed by atoms with E-state index in [9.17, 15) is 0 Å². The van der Waals surface area contributed by atoms with Crippen LogP contribution in [0.1, 0.15) is 69.1 Å². The van der Waals surface area contributed by atoms with Gasteiger partial charge in [0.1, 0.15) is 17.9 Å². The molecule has 0 spiro atoms. The number of nitrogens with one attached hydrogen (secondary N) is 2. The van der Waals surface area contributed by atoms with Gasteiger partial charge in [-0.3, -0.25) is 4.99 Å². The van der Waals surface area contributed by atoms with Crippen LogP contribution >= 0.6 is 0 Å². The van der Waals surface area contributed by atoms with E-state index < -0.39 is 0 Å². The summed E-state index contributed by atoms with van der Waals surface area (Å²) in [7, 11) is 0. The molecule has 0 saturated heterocycles. The Morgan fingerprint density at radius 2 is 1.70 bits per heavy atom. The van der Waals surface area contributed by atoms with Gasteiger partial charge in [0.25, 0.3) is 0 Å². The predicted octanol–water partition coefficient (Wildman–Crippen LogP) is 7.53. The Morgan fingerprint density at radius 1 is 0.946 bits per heavy atom. The highest BCUT2D eigenvalue weighted by Gasteiger charge is 2.30. The molecule has 0 fully saturated rings. The van der Waals surface area contributed by atoms with Gasteiger partial charge < -0.3 is 15.0 Å². The molecule has 190 valence electrons. The number of H-pyrrole nitrogens is 1. The maximum Gasteiger partial charge on any atom is 0.155 e. The third-order valence-corrected chi connectivity index (χ3v) is 7.79. The SMILES string of the molecule is CC.Cc1nc2c3c(ccc2[nH]1)-c1ccc(-c2ccc4c(c2)CCC2CC4N=C(C(C)C)N2)cc1CO3. The van der Waals surface area contributed by atoms with Gasteiger partial charge in [-0.2, -0.15) is 0 Å². The Balaban J connectivity index is 0.00000123. The quantitative estimate of drug-likeness (QED) is 0.304. The van der Waals surface area contributed by atoms with Gasteiger partial charge in [-0.1, -0.05) is 58.0 Å². The molecule has 0 radical (unpaired) electrons. The summed E-state index contributed by atoms with van der Waals surface area (Å²) in [4.78, 5) is 13.1. The van der Waals surface area contributed by atoms with Crippen molar-refractivity contribution in [1.29, 1.82) is 0 Å². The smallest absolute Gasteiger partial charge is 0.155 e.